The van der Waals surface area contributed by atoms with Gasteiger partial charge in [-0.3, -0.25) is 9.69 Å². The van der Waals surface area contributed by atoms with Crippen LogP contribution >= 0.6 is 11.8 Å². The van der Waals surface area contributed by atoms with E-state index in [1.807, 2.05) is 17.8 Å². The third-order valence-corrected chi connectivity index (χ3v) is 8.36. The van der Waals surface area contributed by atoms with Gasteiger partial charge < -0.3 is 14.9 Å². The smallest absolute Gasteiger partial charge is 0.303 e. The van der Waals surface area contributed by atoms with Crippen molar-refractivity contribution in [2.45, 2.75) is 63.9 Å². The molecule has 0 unspecified atom stereocenters. The molecule has 6 heteroatoms. The van der Waals surface area contributed by atoms with E-state index in [4.69, 9.17) is 9.84 Å². The van der Waals surface area contributed by atoms with Crippen molar-refractivity contribution in [2.75, 3.05) is 24.6 Å². The molecule has 1 aliphatic carbocycles. The summed E-state index contributed by atoms with van der Waals surface area (Å²) in [7, 11) is 0. The summed E-state index contributed by atoms with van der Waals surface area (Å²) in [6, 6.07) is 17.3. The maximum Gasteiger partial charge on any atom is 0.303 e. The summed E-state index contributed by atoms with van der Waals surface area (Å²) in [5.41, 5.74) is 4.82. The lowest BCUT2D eigenvalue weighted by atomic mass is 9.93. The zero-order chi connectivity index (χ0) is 25.3. The highest BCUT2D eigenvalue weighted by atomic mass is 32.2. The minimum atomic E-state index is -0.762. The molecule has 1 saturated carbocycles. The maximum atomic E-state index is 11.1. The van der Waals surface area contributed by atoms with Gasteiger partial charge in [-0.25, -0.2) is 0 Å². The highest BCUT2D eigenvalue weighted by Crippen LogP contribution is 2.37. The van der Waals surface area contributed by atoms with Crippen molar-refractivity contribution >= 4 is 17.7 Å². The number of aliphatic hydroxyl groups is 1. The van der Waals surface area contributed by atoms with Crippen LogP contribution in [0.15, 0.2) is 60.7 Å². The molecule has 2 N–H and O–H groups in total. The van der Waals surface area contributed by atoms with Crippen LogP contribution in [0.25, 0.3) is 11.1 Å². The summed E-state index contributed by atoms with van der Waals surface area (Å²) in [6.45, 7) is 4.68. The van der Waals surface area contributed by atoms with Gasteiger partial charge in [0.1, 0.15) is 0 Å². The summed E-state index contributed by atoms with van der Waals surface area (Å²) < 4.78 is 6.47. The van der Waals surface area contributed by atoms with Crippen LogP contribution in [-0.2, 0) is 16.1 Å². The Bertz CT molecular complexity index is 985. The van der Waals surface area contributed by atoms with E-state index >= 15 is 0 Å². The van der Waals surface area contributed by atoms with E-state index in [9.17, 15) is 9.90 Å². The van der Waals surface area contributed by atoms with E-state index in [0.29, 0.717) is 19.4 Å². The number of aryl methyl sites for hydroxylation is 1. The average molecular weight is 510 g/mol. The quantitative estimate of drug-likeness (QED) is 0.387. The number of allylic oxidation sites excluding steroid dienone is 2. The third kappa shape index (κ3) is 7.45. The molecule has 0 aromatic heterocycles. The van der Waals surface area contributed by atoms with Crippen LogP contribution in [0.2, 0.25) is 0 Å². The Hall–Kier alpha value is -2.12. The van der Waals surface area contributed by atoms with Gasteiger partial charge in [0.25, 0.3) is 0 Å². The number of carbonyl (C=O) groups is 1. The predicted octanol–water partition coefficient (Wildman–Crippen LogP) is 5.55. The molecule has 2 aromatic rings. The molecule has 2 fully saturated rings. The number of hydrogen-bond acceptors (Lipinski definition) is 5. The number of aliphatic carboxylic acids is 1. The molecule has 2 aromatic carbocycles. The Morgan fingerprint density at radius 3 is 2.33 bits per heavy atom. The predicted molar refractivity (Wildman–Crippen MR) is 147 cm³/mol. The number of rotatable bonds is 11. The number of benzene rings is 2. The molecule has 5 nitrogen and oxygen atoms in total. The van der Waals surface area contributed by atoms with Gasteiger partial charge >= 0.3 is 5.97 Å². The lowest BCUT2D eigenvalue weighted by Gasteiger charge is -2.37. The molecule has 0 radical (unpaired) electrons. The van der Waals surface area contributed by atoms with Gasteiger partial charge in [0.15, 0.2) is 0 Å². The molecule has 1 saturated heterocycles. The Morgan fingerprint density at radius 1 is 1.03 bits per heavy atom. The van der Waals surface area contributed by atoms with Gasteiger partial charge in [0, 0.05) is 49.4 Å². The third-order valence-electron chi connectivity index (χ3n) is 7.41. The summed E-state index contributed by atoms with van der Waals surface area (Å²) in [5.74, 6) is 1.73. The van der Waals surface area contributed by atoms with Gasteiger partial charge in [-0.15, -0.1) is 0 Å². The SMILES string of the molecule is Cc1ccc(-c2ccc(CO[C@H]3C[C@@H](O)[C@H](N4CCSCC4)[C@H]3CCC=CCCC(=O)O)cc2)cc1. The van der Waals surface area contributed by atoms with E-state index in [-0.39, 0.29) is 30.6 Å². The fourth-order valence-electron chi connectivity index (χ4n) is 5.47. The second-order valence-corrected chi connectivity index (χ2v) is 11.2. The Labute approximate surface area is 219 Å². The molecule has 2 aliphatic rings. The van der Waals surface area contributed by atoms with Crippen LogP contribution in [0.4, 0.5) is 0 Å². The van der Waals surface area contributed by atoms with E-state index in [1.54, 1.807) is 0 Å². The molecule has 0 bridgehead atoms. The van der Waals surface area contributed by atoms with Gasteiger partial charge in [0.05, 0.1) is 18.8 Å². The van der Waals surface area contributed by atoms with Crippen molar-refractivity contribution in [1.82, 2.24) is 4.90 Å². The molecule has 36 heavy (non-hydrogen) atoms. The Morgan fingerprint density at radius 2 is 1.67 bits per heavy atom. The molecule has 4 atom stereocenters. The topological polar surface area (TPSA) is 70.0 Å². The first-order valence-electron chi connectivity index (χ1n) is 13.2. The largest absolute Gasteiger partial charge is 0.481 e. The van der Waals surface area contributed by atoms with Crippen LogP contribution in [0.3, 0.4) is 0 Å². The average Bonchev–Trinajstić information content (AvgIpc) is 3.20. The minimum absolute atomic E-state index is 0.0174. The summed E-state index contributed by atoms with van der Waals surface area (Å²) in [4.78, 5) is 13.2. The second kappa shape index (κ2) is 13.4. The van der Waals surface area contributed by atoms with Gasteiger partial charge in [-0.05, 0) is 42.9 Å². The van der Waals surface area contributed by atoms with Gasteiger partial charge in [-0.2, -0.15) is 11.8 Å². The number of carboxylic acid groups (broad SMARTS) is 1. The lowest BCUT2D eigenvalue weighted by Crippen LogP contribution is -2.48. The fraction of sp³-hybridized carbons (Fsp3) is 0.500. The molecule has 1 heterocycles. The van der Waals surface area contributed by atoms with Crippen molar-refractivity contribution in [3.8, 4) is 11.1 Å². The lowest BCUT2D eigenvalue weighted by molar-refractivity contribution is -0.136. The summed E-state index contributed by atoms with van der Waals surface area (Å²) >= 11 is 1.98. The second-order valence-electron chi connectivity index (χ2n) is 10.00. The number of nitrogens with zero attached hydrogens (tertiary/aromatic N) is 1. The molecule has 194 valence electrons. The molecule has 0 amide bonds. The zero-order valence-electron chi connectivity index (χ0n) is 21.2. The van der Waals surface area contributed by atoms with Crippen molar-refractivity contribution in [1.29, 1.82) is 0 Å². The highest BCUT2D eigenvalue weighted by Gasteiger charge is 2.45. The molecular weight excluding hydrogens is 470 g/mol. The number of hydrogen-bond donors (Lipinski definition) is 2. The van der Waals surface area contributed by atoms with Crippen LogP contribution in [0, 0.1) is 12.8 Å². The number of ether oxygens (including phenoxy) is 1. The van der Waals surface area contributed by atoms with Gasteiger partial charge in [0.2, 0.25) is 0 Å². The van der Waals surface area contributed by atoms with Crippen LogP contribution in [0.5, 0.6) is 0 Å². The van der Waals surface area contributed by atoms with Crippen LogP contribution in [0.1, 0.15) is 43.2 Å². The zero-order valence-corrected chi connectivity index (χ0v) is 22.0. The van der Waals surface area contributed by atoms with Crippen molar-refractivity contribution < 1.29 is 19.7 Å². The van der Waals surface area contributed by atoms with E-state index in [1.165, 1.54) is 16.7 Å². The Kier molecular flexibility index (Phi) is 10.0. The van der Waals surface area contributed by atoms with Crippen LogP contribution in [-0.4, -0.2) is 63.9 Å². The highest BCUT2D eigenvalue weighted by molar-refractivity contribution is 7.99. The maximum absolute atomic E-state index is 11.1. The fourth-order valence-corrected chi connectivity index (χ4v) is 6.40. The summed E-state index contributed by atoms with van der Waals surface area (Å²) in [6.07, 6.45) is 6.92. The monoisotopic (exact) mass is 509 g/mol. The normalized spacial score (nSPS) is 24.9. The van der Waals surface area contributed by atoms with E-state index < -0.39 is 5.97 Å². The number of aliphatic hydroxyl groups excluding tert-OH is 1. The van der Waals surface area contributed by atoms with Crippen molar-refractivity contribution in [2.24, 2.45) is 5.92 Å². The van der Waals surface area contributed by atoms with Crippen molar-refractivity contribution in [3.63, 3.8) is 0 Å². The van der Waals surface area contributed by atoms with E-state index in [2.05, 4.69) is 66.4 Å². The molecule has 0 spiro atoms. The molecular formula is C30H39NO4S. The Balaban J connectivity index is 1.38. The van der Waals surface area contributed by atoms with E-state index in [0.717, 1.165) is 43.0 Å². The first-order valence-corrected chi connectivity index (χ1v) is 14.3. The first-order chi connectivity index (χ1) is 17.5. The molecule has 4 rings (SSSR count). The number of carboxylic acids is 1. The molecule has 1 aliphatic heterocycles. The van der Waals surface area contributed by atoms with Crippen LogP contribution < -0.4 is 0 Å². The van der Waals surface area contributed by atoms with Crippen molar-refractivity contribution in [3.05, 3.63) is 71.8 Å². The number of thioether (sulfide) groups is 1. The minimum Gasteiger partial charge on any atom is -0.481 e. The standard InChI is InChI=1S/C30H39NO4S/c1-22-8-12-24(13-9-22)25-14-10-23(11-15-25)21-35-28-20-27(32)30(31-16-18-36-19-17-31)26(28)6-4-2-3-5-7-29(33)34/h2-3,8-15,26-28,30,32H,4-7,16-21H2,1H3,(H,33,34)/t26-,27+,28-,30+/m0/s1. The first kappa shape index (κ1) is 26.9. The van der Waals surface area contributed by atoms with Gasteiger partial charge in [-0.1, -0.05) is 66.2 Å². The summed E-state index contributed by atoms with van der Waals surface area (Å²) in [5, 5.41) is 19.9.